The van der Waals surface area contributed by atoms with Gasteiger partial charge in [0.15, 0.2) is 0 Å². The van der Waals surface area contributed by atoms with Gasteiger partial charge in [0.05, 0.1) is 6.10 Å². The molecule has 0 fully saturated rings. The Hall–Kier alpha value is -1.02. The van der Waals surface area contributed by atoms with Crippen LogP contribution < -0.4 is 0 Å². The van der Waals surface area contributed by atoms with Crippen LogP contribution in [0.1, 0.15) is 39.4 Å². The maximum atomic E-state index is 10.1. The minimum Gasteiger partial charge on any atom is -0.508 e. The van der Waals surface area contributed by atoms with Crippen LogP contribution in [-0.4, -0.2) is 10.2 Å². The normalized spacial score (nSPS) is 16.1. The molecule has 2 nitrogen and oxygen atoms in total. The summed E-state index contributed by atoms with van der Waals surface area (Å²) < 4.78 is 0. The summed E-state index contributed by atoms with van der Waals surface area (Å²) in [5.41, 5.74) is 0.923. The Labute approximate surface area is 91.6 Å². The van der Waals surface area contributed by atoms with Crippen LogP contribution in [0.5, 0.6) is 5.75 Å². The van der Waals surface area contributed by atoms with Gasteiger partial charge in [-0.3, -0.25) is 0 Å². The maximum Gasteiger partial charge on any atom is 0.115 e. The van der Waals surface area contributed by atoms with Gasteiger partial charge in [-0.2, -0.15) is 0 Å². The third-order valence-electron chi connectivity index (χ3n) is 3.07. The van der Waals surface area contributed by atoms with Crippen molar-refractivity contribution in [3.05, 3.63) is 29.8 Å². The summed E-state index contributed by atoms with van der Waals surface area (Å²) in [6.07, 6.45) is -0.481. The second-order valence-corrected chi connectivity index (χ2v) is 5.19. The summed E-state index contributed by atoms with van der Waals surface area (Å²) in [7, 11) is 0. The number of aliphatic hydroxyl groups is 1. The Morgan fingerprint density at radius 2 is 1.53 bits per heavy atom. The Bertz CT molecular complexity index is 308. The molecule has 0 radical (unpaired) electrons. The van der Waals surface area contributed by atoms with Gasteiger partial charge in [-0.1, -0.05) is 39.8 Å². The third kappa shape index (κ3) is 2.96. The molecule has 0 spiro atoms. The quantitative estimate of drug-likeness (QED) is 0.784. The van der Waals surface area contributed by atoms with E-state index < -0.39 is 6.10 Å². The van der Waals surface area contributed by atoms with Gasteiger partial charge in [0.2, 0.25) is 0 Å². The number of aliphatic hydroxyl groups excluding tert-OH is 1. The highest BCUT2D eigenvalue weighted by Crippen LogP contribution is 2.36. The number of aromatic hydroxyl groups is 1. The highest BCUT2D eigenvalue weighted by molar-refractivity contribution is 5.27. The highest BCUT2D eigenvalue weighted by atomic mass is 16.3. The molecule has 0 aliphatic heterocycles. The Morgan fingerprint density at radius 1 is 1.07 bits per heavy atom. The van der Waals surface area contributed by atoms with Gasteiger partial charge in [-0.15, -0.1) is 0 Å². The zero-order chi connectivity index (χ0) is 11.6. The zero-order valence-corrected chi connectivity index (χ0v) is 9.86. The van der Waals surface area contributed by atoms with Crippen LogP contribution in [0.25, 0.3) is 0 Å². The van der Waals surface area contributed by atoms with Crippen LogP contribution in [0.4, 0.5) is 0 Å². The molecule has 0 aliphatic rings. The number of hydrogen-bond acceptors (Lipinski definition) is 2. The first kappa shape index (κ1) is 12.1. The van der Waals surface area contributed by atoms with Crippen molar-refractivity contribution in [2.75, 3.05) is 0 Å². The van der Waals surface area contributed by atoms with Gasteiger partial charge in [0.1, 0.15) is 5.75 Å². The van der Waals surface area contributed by atoms with E-state index in [1.807, 2.05) is 6.92 Å². The third-order valence-corrected chi connectivity index (χ3v) is 3.07. The van der Waals surface area contributed by atoms with Crippen molar-refractivity contribution in [1.29, 1.82) is 0 Å². The van der Waals surface area contributed by atoms with E-state index in [9.17, 15) is 5.11 Å². The molecule has 0 saturated carbocycles. The lowest BCUT2D eigenvalue weighted by Gasteiger charge is -2.31. The fourth-order valence-corrected chi connectivity index (χ4v) is 1.43. The Morgan fingerprint density at radius 3 is 1.93 bits per heavy atom. The maximum absolute atomic E-state index is 10.1. The fourth-order valence-electron chi connectivity index (χ4n) is 1.43. The summed E-state index contributed by atoms with van der Waals surface area (Å²) >= 11 is 0. The molecule has 2 heteroatoms. The largest absolute Gasteiger partial charge is 0.508 e. The number of phenols is 1. The van der Waals surface area contributed by atoms with E-state index in [0.29, 0.717) is 0 Å². The van der Waals surface area contributed by atoms with Crippen molar-refractivity contribution in [3.63, 3.8) is 0 Å². The van der Waals surface area contributed by atoms with Crippen LogP contribution in [-0.2, 0) is 0 Å². The lowest BCUT2D eigenvalue weighted by Crippen LogP contribution is -2.24. The summed E-state index contributed by atoms with van der Waals surface area (Å²) in [6, 6.07) is 6.74. The predicted molar refractivity (Wildman–Crippen MR) is 61.7 cm³/mol. The van der Waals surface area contributed by atoms with E-state index in [-0.39, 0.29) is 17.1 Å². The smallest absolute Gasteiger partial charge is 0.115 e. The molecule has 2 unspecified atom stereocenters. The van der Waals surface area contributed by atoms with Gasteiger partial charge >= 0.3 is 0 Å². The number of benzene rings is 1. The first-order chi connectivity index (χ1) is 6.82. The number of rotatable bonds is 2. The van der Waals surface area contributed by atoms with Crippen molar-refractivity contribution in [2.24, 2.45) is 11.3 Å². The minimum absolute atomic E-state index is 0.0668. The van der Waals surface area contributed by atoms with E-state index in [4.69, 9.17) is 5.11 Å². The molecule has 2 atom stereocenters. The second-order valence-electron chi connectivity index (χ2n) is 5.19. The monoisotopic (exact) mass is 208 g/mol. The van der Waals surface area contributed by atoms with Crippen molar-refractivity contribution in [1.82, 2.24) is 0 Å². The second kappa shape index (κ2) is 4.23. The zero-order valence-electron chi connectivity index (χ0n) is 9.86. The molecule has 15 heavy (non-hydrogen) atoms. The Kier molecular flexibility index (Phi) is 3.40. The first-order valence-electron chi connectivity index (χ1n) is 5.29. The molecular weight excluding hydrogens is 188 g/mol. The molecule has 0 saturated heterocycles. The molecule has 2 N–H and O–H groups in total. The van der Waals surface area contributed by atoms with Crippen LogP contribution >= 0.6 is 0 Å². The van der Waals surface area contributed by atoms with Crippen molar-refractivity contribution in [3.8, 4) is 5.75 Å². The van der Waals surface area contributed by atoms with Crippen molar-refractivity contribution < 1.29 is 10.2 Å². The molecule has 1 aromatic carbocycles. The summed E-state index contributed by atoms with van der Waals surface area (Å²) in [5.74, 6) is 0.399. The molecule has 0 bridgehead atoms. The van der Waals surface area contributed by atoms with E-state index in [1.54, 1.807) is 24.3 Å². The average molecular weight is 208 g/mol. The van der Waals surface area contributed by atoms with Gasteiger partial charge in [0.25, 0.3) is 0 Å². The minimum atomic E-state index is -0.481. The van der Waals surface area contributed by atoms with Gasteiger partial charge < -0.3 is 10.2 Å². The molecule has 84 valence electrons. The summed E-state index contributed by atoms with van der Waals surface area (Å²) in [5, 5.41) is 19.3. The topological polar surface area (TPSA) is 40.5 Å². The SMILES string of the molecule is CC(C(O)c1ccc(O)cc1)C(C)(C)C. The Balaban J connectivity index is 2.85. The lowest BCUT2D eigenvalue weighted by molar-refractivity contribution is 0.0535. The highest BCUT2D eigenvalue weighted by Gasteiger charge is 2.27. The van der Waals surface area contributed by atoms with Crippen LogP contribution in [0.3, 0.4) is 0 Å². The number of hydrogen-bond donors (Lipinski definition) is 2. The molecule has 0 amide bonds. The molecule has 1 rings (SSSR count). The number of phenolic OH excluding ortho intramolecular Hbond substituents is 1. The van der Waals surface area contributed by atoms with Gasteiger partial charge in [0, 0.05) is 0 Å². The van der Waals surface area contributed by atoms with E-state index in [1.165, 1.54) is 0 Å². The van der Waals surface area contributed by atoms with E-state index in [0.717, 1.165) is 5.56 Å². The molecule has 0 aliphatic carbocycles. The molecule has 0 heterocycles. The van der Waals surface area contributed by atoms with Crippen LogP contribution in [0.15, 0.2) is 24.3 Å². The lowest BCUT2D eigenvalue weighted by atomic mass is 9.77. The van der Waals surface area contributed by atoms with Crippen molar-refractivity contribution >= 4 is 0 Å². The molecular formula is C13H20O2. The van der Waals surface area contributed by atoms with Crippen LogP contribution in [0, 0.1) is 11.3 Å². The van der Waals surface area contributed by atoms with Crippen molar-refractivity contribution in [2.45, 2.75) is 33.8 Å². The molecule has 0 aromatic heterocycles. The van der Waals surface area contributed by atoms with E-state index >= 15 is 0 Å². The van der Waals surface area contributed by atoms with Gasteiger partial charge in [-0.05, 0) is 29.0 Å². The first-order valence-corrected chi connectivity index (χ1v) is 5.29. The average Bonchev–Trinajstić information content (AvgIpc) is 2.15. The van der Waals surface area contributed by atoms with E-state index in [2.05, 4.69) is 20.8 Å². The van der Waals surface area contributed by atoms with Gasteiger partial charge in [-0.25, -0.2) is 0 Å². The molecule has 1 aromatic rings. The summed E-state index contributed by atoms with van der Waals surface area (Å²) in [6.45, 7) is 8.38. The predicted octanol–water partition coefficient (Wildman–Crippen LogP) is 3.11. The fraction of sp³-hybridized carbons (Fsp3) is 0.538. The standard InChI is InChI=1S/C13H20O2/c1-9(13(2,3)4)12(15)10-5-7-11(14)8-6-10/h5-9,12,14-15H,1-4H3. The van der Waals surface area contributed by atoms with Crippen LogP contribution in [0.2, 0.25) is 0 Å². The summed E-state index contributed by atoms with van der Waals surface area (Å²) in [4.78, 5) is 0.